The standard InChI is InChI=1S/C15H15ClOS/c1-2-14(17)11-7-9-12(10-8-11)18-15-6-4-3-5-13(15)16/h3-10,14,17H,2H2,1H3. The summed E-state index contributed by atoms with van der Waals surface area (Å²) in [6.07, 6.45) is 0.362. The fourth-order valence-electron chi connectivity index (χ4n) is 1.65. The first kappa shape index (κ1) is 13.5. The molecule has 1 atom stereocenters. The fraction of sp³-hybridized carbons (Fsp3) is 0.200. The molecule has 18 heavy (non-hydrogen) atoms. The molecule has 0 radical (unpaired) electrons. The third-order valence-electron chi connectivity index (χ3n) is 2.72. The summed E-state index contributed by atoms with van der Waals surface area (Å²) in [5, 5.41) is 10.5. The van der Waals surface area contributed by atoms with E-state index in [1.54, 1.807) is 11.8 Å². The lowest BCUT2D eigenvalue weighted by molar-refractivity contribution is 0.173. The Labute approximate surface area is 117 Å². The van der Waals surface area contributed by atoms with Gasteiger partial charge in [-0.1, -0.05) is 54.6 Å². The van der Waals surface area contributed by atoms with Gasteiger partial charge in [0, 0.05) is 9.79 Å². The van der Waals surface area contributed by atoms with Gasteiger partial charge >= 0.3 is 0 Å². The van der Waals surface area contributed by atoms with E-state index in [0.717, 1.165) is 26.8 Å². The van der Waals surface area contributed by atoms with Gasteiger partial charge < -0.3 is 5.11 Å². The summed E-state index contributed by atoms with van der Waals surface area (Å²) >= 11 is 7.75. The Morgan fingerprint density at radius 1 is 1.11 bits per heavy atom. The van der Waals surface area contributed by atoms with Crippen LogP contribution < -0.4 is 0 Å². The zero-order valence-electron chi connectivity index (χ0n) is 10.1. The lowest BCUT2D eigenvalue weighted by Crippen LogP contribution is -1.93. The molecule has 0 amide bonds. The molecule has 1 N–H and O–H groups in total. The summed E-state index contributed by atoms with van der Waals surface area (Å²) in [5.41, 5.74) is 0.959. The van der Waals surface area contributed by atoms with E-state index < -0.39 is 0 Å². The molecule has 2 aromatic rings. The Morgan fingerprint density at radius 3 is 2.39 bits per heavy atom. The zero-order valence-corrected chi connectivity index (χ0v) is 11.7. The van der Waals surface area contributed by atoms with E-state index in [2.05, 4.69) is 0 Å². The van der Waals surface area contributed by atoms with Gasteiger partial charge in [-0.2, -0.15) is 0 Å². The van der Waals surface area contributed by atoms with Crippen molar-refractivity contribution in [1.29, 1.82) is 0 Å². The minimum Gasteiger partial charge on any atom is -0.388 e. The average Bonchev–Trinajstić information content (AvgIpc) is 2.41. The van der Waals surface area contributed by atoms with Crippen LogP contribution in [0.1, 0.15) is 25.0 Å². The van der Waals surface area contributed by atoms with E-state index in [1.165, 1.54) is 0 Å². The van der Waals surface area contributed by atoms with E-state index in [9.17, 15) is 5.11 Å². The van der Waals surface area contributed by atoms with Crippen LogP contribution in [0.25, 0.3) is 0 Å². The molecule has 0 heterocycles. The van der Waals surface area contributed by atoms with Crippen LogP contribution in [-0.2, 0) is 0 Å². The molecule has 0 bridgehead atoms. The number of rotatable bonds is 4. The van der Waals surface area contributed by atoms with Crippen molar-refractivity contribution in [3.63, 3.8) is 0 Å². The van der Waals surface area contributed by atoms with Gasteiger partial charge in [-0.3, -0.25) is 0 Å². The fourth-order valence-corrected chi connectivity index (χ4v) is 2.74. The molecule has 2 rings (SSSR count). The van der Waals surface area contributed by atoms with E-state index in [1.807, 2.05) is 55.5 Å². The van der Waals surface area contributed by atoms with E-state index in [-0.39, 0.29) is 6.10 Å². The van der Waals surface area contributed by atoms with Crippen LogP contribution >= 0.6 is 23.4 Å². The van der Waals surface area contributed by atoms with Crippen LogP contribution in [0.5, 0.6) is 0 Å². The molecule has 0 aliphatic rings. The average molecular weight is 279 g/mol. The summed E-state index contributed by atoms with van der Waals surface area (Å²) in [5.74, 6) is 0. The lowest BCUT2D eigenvalue weighted by atomic mass is 10.1. The topological polar surface area (TPSA) is 20.2 Å². The molecule has 0 aromatic heterocycles. The second-order valence-corrected chi connectivity index (χ2v) is 5.55. The smallest absolute Gasteiger partial charge is 0.0787 e. The van der Waals surface area contributed by atoms with Crippen molar-refractivity contribution >= 4 is 23.4 Å². The molecule has 3 heteroatoms. The highest BCUT2D eigenvalue weighted by atomic mass is 35.5. The first-order chi connectivity index (χ1) is 8.70. The molecule has 0 saturated heterocycles. The van der Waals surface area contributed by atoms with Gasteiger partial charge in [-0.25, -0.2) is 0 Å². The van der Waals surface area contributed by atoms with Crippen molar-refractivity contribution in [2.45, 2.75) is 29.2 Å². The first-order valence-corrected chi connectivity index (χ1v) is 7.10. The largest absolute Gasteiger partial charge is 0.388 e. The van der Waals surface area contributed by atoms with Crippen LogP contribution in [0.2, 0.25) is 5.02 Å². The number of aliphatic hydroxyl groups excluding tert-OH is 1. The molecule has 0 aliphatic heterocycles. The van der Waals surface area contributed by atoms with Crippen molar-refractivity contribution < 1.29 is 5.11 Å². The molecule has 2 aromatic carbocycles. The first-order valence-electron chi connectivity index (χ1n) is 5.91. The molecule has 0 aliphatic carbocycles. The SMILES string of the molecule is CCC(O)c1ccc(Sc2ccccc2Cl)cc1. The molecule has 94 valence electrons. The van der Waals surface area contributed by atoms with Gasteiger partial charge in [0.15, 0.2) is 0 Å². The monoisotopic (exact) mass is 278 g/mol. The van der Waals surface area contributed by atoms with Gasteiger partial charge in [0.1, 0.15) is 0 Å². The number of halogens is 1. The van der Waals surface area contributed by atoms with Crippen molar-refractivity contribution in [3.05, 3.63) is 59.1 Å². The third kappa shape index (κ3) is 3.29. The predicted octanol–water partition coefficient (Wildman–Crippen LogP) is 4.93. The second kappa shape index (κ2) is 6.28. The third-order valence-corrected chi connectivity index (χ3v) is 4.24. The maximum absolute atomic E-state index is 9.73. The summed E-state index contributed by atoms with van der Waals surface area (Å²) in [6, 6.07) is 15.8. The molecule has 0 spiro atoms. The molecular formula is C15H15ClOS. The Balaban J connectivity index is 2.14. The van der Waals surface area contributed by atoms with Gasteiger partial charge in [0.2, 0.25) is 0 Å². The van der Waals surface area contributed by atoms with Gasteiger partial charge in [0.25, 0.3) is 0 Å². The molecular weight excluding hydrogens is 264 g/mol. The molecule has 1 nitrogen and oxygen atoms in total. The number of aliphatic hydroxyl groups is 1. The van der Waals surface area contributed by atoms with E-state index in [4.69, 9.17) is 11.6 Å². The van der Waals surface area contributed by atoms with Crippen LogP contribution in [0.15, 0.2) is 58.3 Å². The Hall–Kier alpha value is -0.960. The normalized spacial score (nSPS) is 12.4. The molecule has 0 fully saturated rings. The summed E-state index contributed by atoms with van der Waals surface area (Å²) < 4.78 is 0. The van der Waals surface area contributed by atoms with Crippen molar-refractivity contribution in [2.24, 2.45) is 0 Å². The number of hydrogen-bond acceptors (Lipinski definition) is 2. The second-order valence-electron chi connectivity index (χ2n) is 4.03. The highest BCUT2D eigenvalue weighted by Gasteiger charge is 2.05. The predicted molar refractivity (Wildman–Crippen MR) is 77.3 cm³/mol. The Kier molecular flexibility index (Phi) is 4.70. The summed E-state index contributed by atoms with van der Waals surface area (Å²) in [7, 11) is 0. The minimum atomic E-state index is -0.371. The zero-order chi connectivity index (χ0) is 13.0. The highest BCUT2D eigenvalue weighted by molar-refractivity contribution is 7.99. The van der Waals surface area contributed by atoms with E-state index >= 15 is 0 Å². The van der Waals surface area contributed by atoms with Crippen LogP contribution in [0, 0.1) is 0 Å². The molecule has 1 unspecified atom stereocenters. The lowest BCUT2D eigenvalue weighted by Gasteiger charge is -2.09. The van der Waals surface area contributed by atoms with Gasteiger partial charge in [0.05, 0.1) is 11.1 Å². The Bertz CT molecular complexity index is 510. The van der Waals surface area contributed by atoms with E-state index in [0.29, 0.717) is 0 Å². The van der Waals surface area contributed by atoms with Crippen LogP contribution in [-0.4, -0.2) is 5.11 Å². The maximum atomic E-state index is 9.73. The van der Waals surface area contributed by atoms with Crippen molar-refractivity contribution in [1.82, 2.24) is 0 Å². The van der Waals surface area contributed by atoms with Crippen LogP contribution in [0.3, 0.4) is 0 Å². The summed E-state index contributed by atoms with van der Waals surface area (Å²) in [4.78, 5) is 2.16. The number of benzene rings is 2. The van der Waals surface area contributed by atoms with Gasteiger partial charge in [-0.15, -0.1) is 0 Å². The Morgan fingerprint density at radius 2 is 1.78 bits per heavy atom. The number of hydrogen-bond donors (Lipinski definition) is 1. The minimum absolute atomic E-state index is 0.371. The molecule has 0 saturated carbocycles. The van der Waals surface area contributed by atoms with Crippen molar-refractivity contribution in [3.8, 4) is 0 Å². The van der Waals surface area contributed by atoms with Crippen molar-refractivity contribution in [2.75, 3.05) is 0 Å². The maximum Gasteiger partial charge on any atom is 0.0787 e. The van der Waals surface area contributed by atoms with Crippen LogP contribution in [0.4, 0.5) is 0 Å². The van der Waals surface area contributed by atoms with Gasteiger partial charge in [-0.05, 0) is 36.2 Å². The highest BCUT2D eigenvalue weighted by Crippen LogP contribution is 2.33. The summed E-state index contributed by atoms with van der Waals surface area (Å²) in [6.45, 7) is 1.97. The quantitative estimate of drug-likeness (QED) is 0.855.